The van der Waals surface area contributed by atoms with Gasteiger partial charge < -0.3 is 10.5 Å². The molecule has 2 rings (SSSR count). The highest BCUT2D eigenvalue weighted by atomic mass is 35.5. The van der Waals surface area contributed by atoms with Crippen LogP contribution in [0.3, 0.4) is 0 Å². The Morgan fingerprint density at radius 1 is 1.43 bits per heavy atom. The fraction of sp³-hybridized carbons (Fsp3) is 0.286. The molecule has 0 amide bonds. The molecule has 0 saturated heterocycles. The van der Waals surface area contributed by atoms with Crippen LogP contribution in [0, 0.1) is 0 Å². The Kier molecular flexibility index (Phi) is 4.75. The number of carbonyl (C=O) groups excluding carboxylic acids is 1. The Bertz CT molecular complexity index is 668. The summed E-state index contributed by atoms with van der Waals surface area (Å²) in [6.07, 6.45) is 1.83. The van der Waals surface area contributed by atoms with Crippen molar-refractivity contribution < 1.29 is 9.53 Å². The number of ether oxygens (including phenoxy) is 1. The highest BCUT2D eigenvalue weighted by Gasteiger charge is 2.16. The third kappa shape index (κ3) is 3.68. The molecule has 2 N–H and O–H groups in total. The zero-order valence-corrected chi connectivity index (χ0v) is 13.1. The molecule has 0 unspecified atom stereocenters. The van der Waals surface area contributed by atoms with E-state index in [-0.39, 0.29) is 28.3 Å². The zero-order chi connectivity index (χ0) is 15.6. The summed E-state index contributed by atoms with van der Waals surface area (Å²) in [6.45, 7) is 4.08. The number of nitrogens with zero attached hydrogens (tertiary/aromatic N) is 2. The van der Waals surface area contributed by atoms with Crippen LogP contribution < -0.4 is 5.73 Å². The number of nitrogen functional groups attached to an aromatic ring is 1. The molecule has 0 aliphatic carbocycles. The van der Waals surface area contributed by atoms with E-state index in [9.17, 15) is 4.79 Å². The first kappa shape index (κ1) is 15.7. The molecule has 7 heteroatoms. The number of rotatable bonds is 4. The molecule has 0 atom stereocenters. The second-order valence-corrected chi connectivity index (χ2v) is 5.61. The number of anilines is 1. The molecule has 0 saturated carbocycles. The third-order valence-electron chi connectivity index (χ3n) is 2.81. The van der Waals surface area contributed by atoms with Crippen molar-refractivity contribution in [2.45, 2.75) is 26.5 Å². The van der Waals surface area contributed by atoms with Crippen molar-refractivity contribution in [2.24, 2.45) is 0 Å². The van der Waals surface area contributed by atoms with Crippen LogP contribution >= 0.6 is 23.2 Å². The van der Waals surface area contributed by atoms with Crippen molar-refractivity contribution in [3.63, 3.8) is 0 Å². The molecule has 1 heterocycles. The molecule has 0 radical (unpaired) electrons. The molecule has 0 fully saturated rings. The predicted octanol–water partition coefficient (Wildman–Crippen LogP) is 3.71. The lowest BCUT2D eigenvalue weighted by Gasteiger charge is -2.08. The van der Waals surface area contributed by atoms with Crippen molar-refractivity contribution in [1.29, 1.82) is 0 Å². The van der Waals surface area contributed by atoms with Crippen LogP contribution in [-0.2, 0) is 11.3 Å². The summed E-state index contributed by atoms with van der Waals surface area (Å²) in [6, 6.07) is 4.95. The Morgan fingerprint density at radius 2 is 2.14 bits per heavy atom. The standard InChI is InChI=1S/C14H15Cl2N3O2/c1-8(2)19-4-3-10(18-19)7-21-14(20)11-5-9(17)6-12(15)13(11)16/h3-6,8H,7,17H2,1-2H3. The summed E-state index contributed by atoms with van der Waals surface area (Å²) in [5.41, 5.74) is 6.79. The van der Waals surface area contributed by atoms with E-state index in [0.29, 0.717) is 11.4 Å². The average Bonchev–Trinajstić information content (AvgIpc) is 2.89. The second-order valence-electron chi connectivity index (χ2n) is 4.82. The van der Waals surface area contributed by atoms with E-state index >= 15 is 0 Å². The van der Waals surface area contributed by atoms with Crippen molar-refractivity contribution in [3.05, 3.63) is 45.7 Å². The van der Waals surface area contributed by atoms with Crippen molar-refractivity contribution >= 4 is 34.9 Å². The number of hydrogen-bond donors (Lipinski definition) is 1. The van der Waals surface area contributed by atoms with Gasteiger partial charge in [-0.15, -0.1) is 0 Å². The summed E-state index contributed by atoms with van der Waals surface area (Å²) < 4.78 is 6.97. The topological polar surface area (TPSA) is 70.1 Å². The summed E-state index contributed by atoms with van der Waals surface area (Å²) in [5.74, 6) is -0.590. The smallest absolute Gasteiger partial charge is 0.340 e. The summed E-state index contributed by atoms with van der Waals surface area (Å²) in [5, 5.41) is 4.63. The van der Waals surface area contributed by atoms with Gasteiger partial charge >= 0.3 is 5.97 Å². The number of hydrogen-bond acceptors (Lipinski definition) is 4. The molecule has 0 spiro atoms. The first-order chi connectivity index (χ1) is 9.88. The van der Waals surface area contributed by atoms with Crippen LogP contribution in [0.25, 0.3) is 0 Å². The molecular formula is C14H15Cl2N3O2. The van der Waals surface area contributed by atoms with Crippen molar-refractivity contribution in [2.75, 3.05) is 5.73 Å². The van der Waals surface area contributed by atoms with Gasteiger partial charge in [0.2, 0.25) is 0 Å². The van der Waals surface area contributed by atoms with Crippen LogP contribution in [0.4, 0.5) is 5.69 Å². The lowest BCUT2D eigenvalue weighted by Crippen LogP contribution is -2.08. The molecule has 5 nitrogen and oxygen atoms in total. The highest BCUT2D eigenvalue weighted by molar-refractivity contribution is 6.44. The van der Waals surface area contributed by atoms with E-state index in [1.165, 1.54) is 12.1 Å². The summed E-state index contributed by atoms with van der Waals surface area (Å²) in [7, 11) is 0. The fourth-order valence-electron chi connectivity index (χ4n) is 1.72. The van der Waals surface area contributed by atoms with E-state index in [4.69, 9.17) is 33.7 Å². The largest absolute Gasteiger partial charge is 0.455 e. The van der Waals surface area contributed by atoms with Gasteiger partial charge in [-0.2, -0.15) is 5.10 Å². The maximum atomic E-state index is 12.0. The summed E-state index contributed by atoms with van der Waals surface area (Å²) in [4.78, 5) is 12.0. The molecular weight excluding hydrogens is 313 g/mol. The van der Waals surface area contributed by atoms with Gasteiger partial charge in [-0.3, -0.25) is 4.68 Å². The number of esters is 1. The fourth-order valence-corrected chi connectivity index (χ4v) is 2.13. The maximum Gasteiger partial charge on any atom is 0.340 e. The minimum Gasteiger partial charge on any atom is -0.455 e. The predicted molar refractivity (Wildman–Crippen MR) is 82.6 cm³/mol. The molecule has 1 aromatic carbocycles. The van der Waals surface area contributed by atoms with Crippen LogP contribution in [-0.4, -0.2) is 15.7 Å². The van der Waals surface area contributed by atoms with Gasteiger partial charge in [0.25, 0.3) is 0 Å². The average molecular weight is 328 g/mol. The van der Waals surface area contributed by atoms with E-state index in [1.54, 1.807) is 10.7 Å². The van der Waals surface area contributed by atoms with Gasteiger partial charge in [0, 0.05) is 17.9 Å². The molecule has 0 aliphatic heterocycles. The number of carbonyl (C=O) groups is 1. The number of halogens is 2. The number of nitrogens with two attached hydrogens (primary N) is 1. The molecule has 2 aromatic rings. The minimum atomic E-state index is -0.590. The molecule has 21 heavy (non-hydrogen) atoms. The second kappa shape index (κ2) is 6.37. The monoisotopic (exact) mass is 327 g/mol. The van der Waals surface area contributed by atoms with E-state index in [1.807, 2.05) is 20.0 Å². The number of aromatic nitrogens is 2. The quantitative estimate of drug-likeness (QED) is 0.686. The van der Waals surface area contributed by atoms with Crippen molar-refractivity contribution in [1.82, 2.24) is 9.78 Å². The maximum absolute atomic E-state index is 12.0. The Morgan fingerprint density at radius 3 is 2.76 bits per heavy atom. The SMILES string of the molecule is CC(C)n1ccc(COC(=O)c2cc(N)cc(Cl)c2Cl)n1. The van der Waals surface area contributed by atoms with Gasteiger partial charge in [0.05, 0.1) is 21.3 Å². The summed E-state index contributed by atoms with van der Waals surface area (Å²) >= 11 is 11.9. The lowest BCUT2D eigenvalue weighted by molar-refractivity contribution is 0.0467. The minimum absolute atomic E-state index is 0.0568. The first-order valence-corrected chi connectivity index (χ1v) is 7.09. The normalized spacial score (nSPS) is 10.9. The van der Waals surface area contributed by atoms with Crippen LogP contribution in [0.2, 0.25) is 10.0 Å². The van der Waals surface area contributed by atoms with Crippen molar-refractivity contribution in [3.8, 4) is 0 Å². The van der Waals surface area contributed by atoms with Gasteiger partial charge in [-0.25, -0.2) is 4.79 Å². The van der Waals surface area contributed by atoms with E-state index in [2.05, 4.69) is 5.10 Å². The zero-order valence-electron chi connectivity index (χ0n) is 11.6. The molecule has 0 bridgehead atoms. The Hall–Kier alpha value is -1.72. The van der Waals surface area contributed by atoms with Gasteiger partial charge in [0.15, 0.2) is 0 Å². The van der Waals surface area contributed by atoms with E-state index in [0.717, 1.165) is 0 Å². The molecule has 0 aliphatic rings. The van der Waals surface area contributed by atoms with Gasteiger partial charge in [-0.1, -0.05) is 23.2 Å². The highest BCUT2D eigenvalue weighted by Crippen LogP contribution is 2.29. The Labute approximate surface area is 132 Å². The van der Waals surface area contributed by atoms with Crippen LogP contribution in [0.5, 0.6) is 0 Å². The van der Waals surface area contributed by atoms with Gasteiger partial charge in [0.1, 0.15) is 6.61 Å². The van der Waals surface area contributed by atoms with Gasteiger partial charge in [-0.05, 0) is 32.0 Å². The molecule has 112 valence electrons. The lowest BCUT2D eigenvalue weighted by atomic mass is 10.2. The van der Waals surface area contributed by atoms with Crippen LogP contribution in [0.1, 0.15) is 35.9 Å². The molecule has 1 aromatic heterocycles. The first-order valence-electron chi connectivity index (χ1n) is 6.34. The van der Waals surface area contributed by atoms with E-state index < -0.39 is 5.97 Å². The third-order valence-corrected chi connectivity index (χ3v) is 3.62. The number of benzene rings is 1. The Balaban J connectivity index is 2.08. The van der Waals surface area contributed by atoms with Crippen LogP contribution in [0.15, 0.2) is 24.4 Å².